The number of likely N-dealkylation sites (N-methyl/N-ethyl adjacent to an activating group) is 1. The highest BCUT2D eigenvalue weighted by Crippen LogP contribution is 2.10. The van der Waals surface area contributed by atoms with E-state index in [2.05, 4.69) is 27.6 Å². The Labute approximate surface area is 168 Å². The summed E-state index contributed by atoms with van der Waals surface area (Å²) in [7, 11) is 2.98. The second-order valence-electron chi connectivity index (χ2n) is 6.50. The molecule has 0 saturated carbocycles. The van der Waals surface area contributed by atoms with E-state index in [1.54, 1.807) is 7.11 Å². The first-order chi connectivity index (χ1) is 10.8. The molecule has 0 aliphatic heterocycles. The molecule has 2 N–H and O–H groups in total. The van der Waals surface area contributed by atoms with Gasteiger partial charge in [-0.05, 0) is 41.2 Å². The second-order valence-corrected chi connectivity index (χ2v) is 8.82. The predicted octanol–water partition coefficient (Wildman–Crippen LogP) is 1.68. The number of nitrogens with zero attached hydrogens (tertiary/aromatic N) is 2. The SMILES string of the molecule is CCNC(=NCCN(C)CCCOC)NCCS(=O)C(C)(C)C.I. The molecule has 0 saturated heterocycles. The Morgan fingerprint density at radius 1 is 1.25 bits per heavy atom. The number of nitrogens with one attached hydrogen (secondary N) is 2. The predicted molar refractivity (Wildman–Crippen MR) is 116 cm³/mol. The van der Waals surface area contributed by atoms with Gasteiger partial charge in [0, 0.05) is 61.2 Å². The smallest absolute Gasteiger partial charge is 0.191 e. The van der Waals surface area contributed by atoms with Crippen molar-refractivity contribution in [2.24, 2.45) is 4.99 Å². The minimum absolute atomic E-state index is 0. The molecular weight excluding hydrogens is 439 g/mol. The highest BCUT2D eigenvalue weighted by atomic mass is 127. The van der Waals surface area contributed by atoms with Gasteiger partial charge in [-0.15, -0.1) is 24.0 Å². The van der Waals surface area contributed by atoms with Crippen molar-refractivity contribution < 1.29 is 8.95 Å². The average Bonchev–Trinajstić information content (AvgIpc) is 2.46. The van der Waals surface area contributed by atoms with Gasteiger partial charge in [-0.2, -0.15) is 0 Å². The summed E-state index contributed by atoms with van der Waals surface area (Å²) in [6.45, 7) is 13.0. The van der Waals surface area contributed by atoms with Crippen LogP contribution in [-0.2, 0) is 15.5 Å². The van der Waals surface area contributed by atoms with Gasteiger partial charge in [0.2, 0.25) is 0 Å². The number of guanidine groups is 1. The Kier molecular flexibility index (Phi) is 16.8. The van der Waals surface area contributed by atoms with Gasteiger partial charge in [0.25, 0.3) is 0 Å². The molecule has 1 unspecified atom stereocenters. The van der Waals surface area contributed by atoms with Crippen molar-refractivity contribution in [3.05, 3.63) is 0 Å². The molecule has 0 amide bonds. The highest BCUT2D eigenvalue weighted by molar-refractivity contribution is 14.0. The van der Waals surface area contributed by atoms with Crippen molar-refractivity contribution in [2.75, 3.05) is 59.2 Å². The third kappa shape index (κ3) is 14.4. The van der Waals surface area contributed by atoms with E-state index in [4.69, 9.17) is 4.74 Å². The first-order valence-electron chi connectivity index (χ1n) is 8.39. The zero-order valence-corrected chi connectivity index (χ0v) is 19.3. The summed E-state index contributed by atoms with van der Waals surface area (Å²) in [5, 5.41) is 6.48. The van der Waals surface area contributed by atoms with Gasteiger partial charge in [-0.1, -0.05) is 0 Å². The third-order valence-electron chi connectivity index (χ3n) is 3.25. The van der Waals surface area contributed by atoms with Gasteiger partial charge in [-0.25, -0.2) is 0 Å². The van der Waals surface area contributed by atoms with Crippen LogP contribution in [-0.4, -0.2) is 79.1 Å². The molecule has 24 heavy (non-hydrogen) atoms. The number of aliphatic imine (C=N–C) groups is 1. The summed E-state index contributed by atoms with van der Waals surface area (Å²) in [5.41, 5.74) is 0. The standard InChI is InChI=1S/C16H36N4O2S.HI/c1-7-17-15(19-10-14-23(21)16(2,3)4)18-9-12-20(5)11-8-13-22-6;/h7-14H2,1-6H3,(H2,17,18,19);1H. The molecule has 0 aliphatic rings. The number of ether oxygens (including phenoxy) is 1. The van der Waals surface area contributed by atoms with Gasteiger partial charge in [0.15, 0.2) is 5.96 Å². The number of rotatable bonds is 11. The van der Waals surface area contributed by atoms with Crippen LogP contribution in [0, 0.1) is 0 Å². The molecule has 0 bridgehead atoms. The summed E-state index contributed by atoms with van der Waals surface area (Å²) in [4.78, 5) is 6.81. The third-order valence-corrected chi connectivity index (χ3v) is 5.19. The van der Waals surface area contributed by atoms with Crippen LogP contribution in [0.1, 0.15) is 34.1 Å². The zero-order valence-electron chi connectivity index (χ0n) is 16.2. The van der Waals surface area contributed by atoms with Crippen LogP contribution in [0.2, 0.25) is 0 Å². The Bertz CT molecular complexity index is 362. The van der Waals surface area contributed by atoms with E-state index in [0.29, 0.717) is 12.3 Å². The number of halogens is 1. The number of hydrogen-bond acceptors (Lipinski definition) is 4. The first-order valence-corrected chi connectivity index (χ1v) is 9.71. The molecule has 1 atom stereocenters. The van der Waals surface area contributed by atoms with Crippen molar-refractivity contribution in [1.29, 1.82) is 0 Å². The van der Waals surface area contributed by atoms with Gasteiger partial charge in [-0.3, -0.25) is 9.20 Å². The molecular formula is C16H37IN4O2S. The molecule has 0 spiro atoms. The van der Waals surface area contributed by atoms with Crippen molar-refractivity contribution in [3.63, 3.8) is 0 Å². The van der Waals surface area contributed by atoms with Gasteiger partial charge in [0.05, 0.1) is 6.54 Å². The molecule has 0 fully saturated rings. The molecule has 0 aromatic carbocycles. The Morgan fingerprint density at radius 2 is 1.92 bits per heavy atom. The maximum Gasteiger partial charge on any atom is 0.191 e. The van der Waals surface area contributed by atoms with Crippen LogP contribution in [0.25, 0.3) is 0 Å². The lowest BCUT2D eigenvalue weighted by Gasteiger charge is -2.19. The van der Waals surface area contributed by atoms with Crippen molar-refractivity contribution in [1.82, 2.24) is 15.5 Å². The Balaban J connectivity index is 0. The van der Waals surface area contributed by atoms with Crippen LogP contribution >= 0.6 is 24.0 Å². The van der Waals surface area contributed by atoms with Crippen molar-refractivity contribution >= 4 is 40.7 Å². The van der Waals surface area contributed by atoms with Crippen LogP contribution in [0.5, 0.6) is 0 Å². The van der Waals surface area contributed by atoms with E-state index in [9.17, 15) is 4.21 Å². The lowest BCUT2D eigenvalue weighted by Crippen LogP contribution is -2.40. The molecule has 146 valence electrons. The summed E-state index contributed by atoms with van der Waals surface area (Å²) in [5.74, 6) is 1.42. The molecule has 0 aromatic rings. The lowest BCUT2D eigenvalue weighted by molar-refractivity contribution is 0.180. The van der Waals surface area contributed by atoms with Gasteiger partial charge < -0.3 is 20.3 Å². The van der Waals surface area contributed by atoms with E-state index >= 15 is 0 Å². The fourth-order valence-corrected chi connectivity index (χ4v) is 2.73. The minimum atomic E-state index is -0.841. The largest absolute Gasteiger partial charge is 0.385 e. The maximum atomic E-state index is 12.0. The maximum absolute atomic E-state index is 12.0. The minimum Gasteiger partial charge on any atom is -0.385 e. The molecule has 8 heteroatoms. The van der Waals surface area contributed by atoms with E-state index in [1.807, 2.05) is 27.7 Å². The van der Waals surface area contributed by atoms with E-state index in [0.717, 1.165) is 45.2 Å². The van der Waals surface area contributed by atoms with Crippen molar-refractivity contribution in [3.8, 4) is 0 Å². The van der Waals surface area contributed by atoms with Crippen molar-refractivity contribution in [2.45, 2.75) is 38.9 Å². The second kappa shape index (κ2) is 15.3. The summed E-state index contributed by atoms with van der Waals surface area (Å²) >= 11 is 0. The van der Waals surface area contributed by atoms with Crippen LogP contribution in [0.3, 0.4) is 0 Å². The monoisotopic (exact) mass is 476 g/mol. The molecule has 0 heterocycles. The number of methoxy groups -OCH3 is 1. The molecule has 0 radical (unpaired) electrons. The molecule has 0 rings (SSSR count). The fraction of sp³-hybridized carbons (Fsp3) is 0.938. The molecule has 6 nitrogen and oxygen atoms in total. The Hall–Kier alpha value is 0.0700. The first kappa shape index (κ1) is 26.3. The van der Waals surface area contributed by atoms with Crippen LogP contribution in [0.15, 0.2) is 4.99 Å². The van der Waals surface area contributed by atoms with Gasteiger partial charge in [0.1, 0.15) is 0 Å². The quantitative estimate of drug-likeness (QED) is 0.206. The van der Waals surface area contributed by atoms with E-state index in [-0.39, 0.29) is 28.7 Å². The lowest BCUT2D eigenvalue weighted by atomic mass is 10.3. The van der Waals surface area contributed by atoms with Crippen LogP contribution in [0.4, 0.5) is 0 Å². The topological polar surface area (TPSA) is 66.0 Å². The van der Waals surface area contributed by atoms with Gasteiger partial charge >= 0.3 is 0 Å². The number of hydrogen-bond donors (Lipinski definition) is 2. The molecule has 0 aliphatic carbocycles. The van der Waals surface area contributed by atoms with Crippen LogP contribution < -0.4 is 10.6 Å². The van der Waals surface area contributed by atoms with E-state index < -0.39 is 10.8 Å². The zero-order chi connectivity index (χ0) is 17.7. The normalized spacial score (nSPS) is 13.5. The fourth-order valence-electron chi connectivity index (χ4n) is 1.83. The Morgan fingerprint density at radius 3 is 2.46 bits per heavy atom. The summed E-state index contributed by atoms with van der Waals surface area (Å²) in [6, 6.07) is 0. The summed E-state index contributed by atoms with van der Waals surface area (Å²) in [6.07, 6.45) is 1.04. The summed E-state index contributed by atoms with van der Waals surface area (Å²) < 4.78 is 16.9. The molecule has 0 aromatic heterocycles. The highest BCUT2D eigenvalue weighted by Gasteiger charge is 2.18. The van der Waals surface area contributed by atoms with E-state index in [1.165, 1.54) is 0 Å². The average molecular weight is 476 g/mol.